The van der Waals surface area contributed by atoms with Gasteiger partial charge in [-0.25, -0.2) is 0 Å². The second-order valence-corrected chi connectivity index (χ2v) is 6.66. The van der Waals surface area contributed by atoms with Gasteiger partial charge in [0.25, 0.3) is 0 Å². The Hall–Kier alpha value is -3.61. The number of benzene rings is 2. The number of hydrogen-bond donors (Lipinski definition) is 0. The summed E-state index contributed by atoms with van der Waals surface area (Å²) in [6, 6.07) is 3.99. The molecule has 0 N–H and O–H groups in total. The summed E-state index contributed by atoms with van der Waals surface area (Å²) in [5, 5.41) is 21.1. The summed E-state index contributed by atoms with van der Waals surface area (Å²) in [5.41, 5.74) is -1.48. The number of likely N-dealkylation sites (N-methyl/N-ethyl adjacent to an activating group) is 2. The quantitative estimate of drug-likeness (QED) is 0.434. The lowest BCUT2D eigenvalue weighted by atomic mass is 10.2. The molecule has 32 heavy (non-hydrogen) atoms. The first-order chi connectivity index (χ1) is 14.9. The molecule has 176 valence electrons. The number of nitrogens with zero attached hydrogens (tertiary/aromatic N) is 4. The van der Waals surface area contributed by atoms with E-state index in [4.69, 9.17) is 4.74 Å². The Morgan fingerprint density at radius 1 is 0.781 bits per heavy atom. The van der Waals surface area contributed by atoms with Gasteiger partial charge >= 0.3 is 11.4 Å². The number of rotatable bonds is 8. The van der Waals surface area contributed by atoms with Gasteiger partial charge in [-0.2, -0.15) is 13.2 Å². The molecular formula is C19H23F3N4O6. The van der Waals surface area contributed by atoms with Crippen LogP contribution in [0, 0.1) is 37.7 Å². The van der Waals surface area contributed by atoms with Gasteiger partial charge < -0.3 is 19.3 Å². The van der Waals surface area contributed by atoms with E-state index in [9.17, 15) is 33.4 Å². The molecule has 0 atom stereocenters. The maximum absolute atomic E-state index is 13.7. The minimum absolute atomic E-state index is 0.0967. The number of hydrogen-bond acceptors (Lipinski definition) is 8. The van der Waals surface area contributed by atoms with Crippen molar-refractivity contribution < 1.29 is 32.5 Å². The van der Waals surface area contributed by atoms with Crippen molar-refractivity contribution in [3.63, 3.8) is 0 Å². The lowest BCUT2D eigenvalue weighted by Crippen LogP contribution is -2.29. The third-order valence-corrected chi connectivity index (χ3v) is 4.14. The van der Waals surface area contributed by atoms with Crippen LogP contribution in [0.3, 0.4) is 0 Å². The molecule has 0 bridgehead atoms. The molecule has 2 aromatic carbocycles. The maximum atomic E-state index is 13.7. The molecular weight excluding hydrogens is 437 g/mol. The van der Waals surface area contributed by atoms with Crippen LogP contribution in [0.1, 0.15) is 0 Å². The van der Waals surface area contributed by atoms with Crippen molar-refractivity contribution in [3.8, 4) is 11.5 Å². The van der Waals surface area contributed by atoms with Crippen LogP contribution in [0.15, 0.2) is 24.3 Å². The largest absolute Gasteiger partial charge is 0.497 e. The molecule has 0 fully saturated rings. The van der Waals surface area contributed by atoms with E-state index in [1.54, 1.807) is 11.9 Å². The van der Waals surface area contributed by atoms with E-state index >= 15 is 0 Å². The number of ether oxygens (including phenoxy) is 2. The Morgan fingerprint density at radius 2 is 1.19 bits per heavy atom. The normalized spacial score (nSPS) is 10.3. The molecule has 0 aromatic heterocycles. The molecule has 0 unspecified atom stereocenters. The summed E-state index contributed by atoms with van der Waals surface area (Å²) in [6.45, 7) is 1.24. The van der Waals surface area contributed by atoms with Crippen LogP contribution in [0.4, 0.5) is 30.2 Å². The molecule has 0 radical (unpaired) electrons. The molecule has 0 amide bonds. The summed E-state index contributed by atoms with van der Waals surface area (Å²) >= 11 is 0. The fourth-order valence-electron chi connectivity index (χ4n) is 2.45. The lowest BCUT2D eigenvalue weighted by Gasteiger charge is -2.22. The fraction of sp³-hybridized carbons (Fsp3) is 0.368. The summed E-state index contributed by atoms with van der Waals surface area (Å²) in [6.07, 6.45) is 0. The van der Waals surface area contributed by atoms with Gasteiger partial charge in [0, 0.05) is 44.4 Å². The predicted molar refractivity (Wildman–Crippen MR) is 111 cm³/mol. The molecule has 0 aliphatic carbocycles. The second kappa shape index (κ2) is 11.7. The molecule has 0 aliphatic heterocycles. The molecule has 13 heteroatoms. The van der Waals surface area contributed by atoms with Crippen LogP contribution in [-0.2, 0) is 0 Å². The zero-order chi connectivity index (χ0) is 24.6. The number of anilines is 1. The first-order valence-electron chi connectivity index (χ1n) is 8.98. The Balaban J connectivity index is 0.000000343. The van der Waals surface area contributed by atoms with Crippen LogP contribution in [0.5, 0.6) is 11.5 Å². The molecule has 0 aliphatic rings. The van der Waals surface area contributed by atoms with Crippen molar-refractivity contribution in [1.82, 2.24) is 4.90 Å². The van der Waals surface area contributed by atoms with Gasteiger partial charge in [0.1, 0.15) is 17.2 Å². The van der Waals surface area contributed by atoms with Gasteiger partial charge in [-0.1, -0.05) is 0 Å². The Kier molecular flexibility index (Phi) is 9.66. The lowest BCUT2D eigenvalue weighted by molar-refractivity contribution is -0.390. The van der Waals surface area contributed by atoms with E-state index in [1.165, 1.54) is 20.3 Å². The summed E-state index contributed by atoms with van der Waals surface area (Å²) in [7, 11) is 8.08. The highest BCUT2D eigenvalue weighted by Crippen LogP contribution is 2.34. The molecule has 0 spiro atoms. The van der Waals surface area contributed by atoms with Gasteiger partial charge in [0.05, 0.1) is 24.1 Å². The molecule has 0 saturated heterocycles. The van der Waals surface area contributed by atoms with E-state index < -0.39 is 38.7 Å². The van der Waals surface area contributed by atoms with E-state index in [2.05, 4.69) is 4.74 Å². The van der Waals surface area contributed by atoms with E-state index in [-0.39, 0.29) is 17.2 Å². The van der Waals surface area contributed by atoms with Crippen molar-refractivity contribution in [2.45, 2.75) is 0 Å². The minimum Gasteiger partial charge on any atom is -0.497 e. The van der Waals surface area contributed by atoms with Gasteiger partial charge in [0.15, 0.2) is 0 Å². The Morgan fingerprint density at radius 3 is 1.56 bits per heavy atom. The van der Waals surface area contributed by atoms with Crippen molar-refractivity contribution in [2.24, 2.45) is 0 Å². The fourth-order valence-corrected chi connectivity index (χ4v) is 2.45. The first-order valence-corrected chi connectivity index (χ1v) is 8.98. The standard InChI is InChI=1S/C12H18FN3O3.C7H5F2NO3/c1-14(2)5-6-15(3)11-8-9(19-4)7-10(13)12(11)16(17)18;1-13-4-2-5(8)7(10(11)12)6(9)3-4/h7-8H,5-6H2,1-4H3;2-3H,1H3. The SMILES string of the molecule is COc1cc(F)c([N+](=O)[O-])c(F)c1.COc1cc(F)c([N+](=O)[O-])c(N(C)CCN(C)C)c1. The summed E-state index contributed by atoms with van der Waals surface area (Å²) in [5.74, 6) is -3.23. The Labute approximate surface area is 182 Å². The van der Waals surface area contributed by atoms with Crippen LogP contribution in [0.2, 0.25) is 0 Å². The first kappa shape index (κ1) is 26.4. The average molecular weight is 460 g/mol. The highest BCUT2D eigenvalue weighted by Gasteiger charge is 2.25. The minimum atomic E-state index is -1.25. The third-order valence-electron chi connectivity index (χ3n) is 4.14. The number of methoxy groups -OCH3 is 2. The smallest absolute Gasteiger partial charge is 0.340 e. The molecule has 2 rings (SSSR count). The average Bonchev–Trinajstić information content (AvgIpc) is 2.70. The maximum Gasteiger partial charge on any atom is 0.340 e. The summed E-state index contributed by atoms with van der Waals surface area (Å²) < 4.78 is 48.8. The number of nitro benzene ring substituents is 2. The topological polar surface area (TPSA) is 111 Å². The van der Waals surface area contributed by atoms with Crippen LogP contribution >= 0.6 is 0 Å². The van der Waals surface area contributed by atoms with Gasteiger partial charge in [-0.05, 0) is 14.1 Å². The Bertz CT molecular complexity index is 951. The highest BCUT2D eigenvalue weighted by atomic mass is 19.1. The highest BCUT2D eigenvalue weighted by molar-refractivity contribution is 5.66. The second-order valence-electron chi connectivity index (χ2n) is 6.66. The van der Waals surface area contributed by atoms with Crippen LogP contribution < -0.4 is 14.4 Å². The third kappa shape index (κ3) is 6.97. The van der Waals surface area contributed by atoms with Crippen molar-refractivity contribution in [1.29, 1.82) is 0 Å². The van der Waals surface area contributed by atoms with Crippen molar-refractivity contribution in [2.75, 3.05) is 53.4 Å². The molecule has 2 aromatic rings. The van der Waals surface area contributed by atoms with Crippen molar-refractivity contribution in [3.05, 3.63) is 61.9 Å². The van der Waals surface area contributed by atoms with Gasteiger partial charge in [0.2, 0.25) is 17.5 Å². The number of nitro groups is 2. The van der Waals surface area contributed by atoms with Crippen molar-refractivity contribution >= 4 is 17.1 Å². The zero-order valence-electron chi connectivity index (χ0n) is 18.1. The van der Waals surface area contributed by atoms with Gasteiger partial charge in [-0.15, -0.1) is 0 Å². The van der Waals surface area contributed by atoms with Gasteiger partial charge in [-0.3, -0.25) is 20.2 Å². The monoisotopic (exact) mass is 460 g/mol. The van der Waals surface area contributed by atoms with E-state index in [1.807, 2.05) is 19.0 Å². The number of halogens is 3. The van der Waals surface area contributed by atoms with E-state index in [0.29, 0.717) is 13.1 Å². The zero-order valence-corrected chi connectivity index (χ0v) is 18.1. The predicted octanol–water partition coefficient (Wildman–Crippen LogP) is 3.62. The molecule has 0 heterocycles. The molecule has 0 saturated carbocycles. The molecule has 10 nitrogen and oxygen atoms in total. The summed E-state index contributed by atoms with van der Waals surface area (Å²) in [4.78, 5) is 22.9. The van der Waals surface area contributed by atoms with Crippen LogP contribution in [-0.4, -0.2) is 63.2 Å². The van der Waals surface area contributed by atoms with E-state index in [0.717, 1.165) is 18.2 Å². The van der Waals surface area contributed by atoms with Crippen LogP contribution in [0.25, 0.3) is 0 Å².